The SMILES string of the molecule is OCC1CCCN(Cc2cc(F)cc(Br)c2)C1. The summed E-state index contributed by atoms with van der Waals surface area (Å²) in [6.45, 7) is 2.95. The molecule has 0 amide bonds. The van der Waals surface area contributed by atoms with E-state index in [0.29, 0.717) is 5.92 Å². The fraction of sp³-hybridized carbons (Fsp3) is 0.538. The molecule has 0 aromatic heterocycles. The van der Waals surface area contributed by atoms with Crippen molar-refractivity contribution in [1.29, 1.82) is 0 Å². The van der Waals surface area contributed by atoms with Crippen LogP contribution in [0.15, 0.2) is 22.7 Å². The number of hydrogen-bond donors (Lipinski definition) is 1. The highest BCUT2D eigenvalue weighted by atomic mass is 79.9. The first kappa shape index (κ1) is 13.0. The van der Waals surface area contributed by atoms with Crippen LogP contribution in [0.2, 0.25) is 0 Å². The number of rotatable bonds is 3. The molecule has 94 valence electrons. The Morgan fingerprint density at radius 1 is 1.41 bits per heavy atom. The molecule has 1 atom stereocenters. The van der Waals surface area contributed by atoms with Gasteiger partial charge in [-0.15, -0.1) is 0 Å². The summed E-state index contributed by atoms with van der Waals surface area (Å²) in [7, 11) is 0. The minimum Gasteiger partial charge on any atom is -0.396 e. The van der Waals surface area contributed by atoms with Gasteiger partial charge in [-0.3, -0.25) is 4.90 Å². The normalized spacial score (nSPS) is 21.7. The van der Waals surface area contributed by atoms with Gasteiger partial charge in [0.15, 0.2) is 0 Å². The van der Waals surface area contributed by atoms with E-state index in [1.54, 1.807) is 6.07 Å². The van der Waals surface area contributed by atoms with E-state index in [-0.39, 0.29) is 12.4 Å². The van der Waals surface area contributed by atoms with E-state index >= 15 is 0 Å². The van der Waals surface area contributed by atoms with E-state index in [2.05, 4.69) is 20.8 Å². The smallest absolute Gasteiger partial charge is 0.124 e. The second kappa shape index (κ2) is 5.94. The minimum absolute atomic E-state index is 0.204. The molecule has 1 N–H and O–H groups in total. The maximum Gasteiger partial charge on any atom is 0.124 e. The first-order valence-corrected chi connectivity index (χ1v) is 6.75. The lowest BCUT2D eigenvalue weighted by Gasteiger charge is -2.31. The van der Waals surface area contributed by atoms with Crippen molar-refractivity contribution in [3.63, 3.8) is 0 Å². The fourth-order valence-electron chi connectivity index (χ4n) is 2.40. The molecular weight excluding hydrogens is 285 g/mol. The van der Waals surface area contributed by atoms with Crippen LogP contribution in [-0.2, 0) is 6.54 Å². The van der Waals surface area contributed by atoms with Gasteiger partial charge in [-0.05, 0) is 49.1 Å². The summed E-state index contributed by atoms with van der Waals surface area (Å²) >= 11 is 3.30. The van der Waals surface area contributed by atoms with Gasteiger partial charge in [0, 0.05) is 24.2 Å². The van der Waals surface area contributed by atoms with E-state index in [1.165, 1.54) is 6.07 Å². The molecule has 0 spiro atoms. The molecule has 1 saturated heterocycles. The first-order chi connectivity index (χ1) is 8.17. The zero-order valence-corrected chi connectivity index (χ0v) is 11.3. The van der Waals surface area contributed by atoms with E-state index in [4.69, 9.17) is 5.11 Å². The van der Waals surface area contributed by atoms with Crippen LogP contribution < -0.4 is 0 Å². The van der Waals surface area contributed by atoms with Gasteiger partial charge < -0.3 is 5.11 Å². The van der Waals surface area contributed by atoms with E-state index < -0.39 is 0 Å². The van der Waals surface area contributed by atoms with Gasteiger partial charge in [0.25, 0.3) is 0 Å². The molecule has 4 heteroatoms. The molecule has 17 heavy (non-hydrogen) atoms. The molecular formula is C13H17BrFNO. The predicted molar refractivity (Wildman–Crippen MR) is 69.2 cm³/mol. The molecule has 1 aliphatic heterocycles. The van der Waals surface area contributed by atoms with E-state index in [0.717, 1.165) is 42.5 Å². The summed E-state index contributed by atoms with van der Waals surface area (Å²) in [5.74, 6) is 0.172. The molecule has 0 aliphatic carbocycles. The molecule has 0 radical (unpaired) electrons. The van der Waals surface area contributed by atoms with Crippen molar-refractivity contribution in [1.82, 2.24) is 4.90 Å². The van der Waals surface area contributed by atoms with Crippen LogP contribution >= 0.6 is 15.9 Å². The van der Waals surface area contributed by atoms with Gasteiger partial charge in [0.1, 0.15) is 5.82 Å². The molecule has 0 saturated carbocycles. The topological polar surface area (TPSA) is 23.5 Å². The zero-order chi connectivity index (χ0) is 12.3. The molecule has 2 nitrogen and oxygen atoms in total. The molecule has 2 rings (SSSR count). The molecule has 1 unspecified atom stereocenters. The summed E-state index contributed by atoms with van der Waals surface area (Å²) in [4.78, 5) is 2.28. The highest BCUT2D eigenvalue weighted by molar-refractivity contribution is 9.10. The van der Waals surface area contributed by atoms with Crippen molar-refractivity contribution >= 4 is 15.9 Å². The highest BCUT2D eigenvalue weighted by Gasteiger charge is 2.19. The summed E-state index contributed by atoms with van der Waals surface area (Å²) in [6.07, 6.45) is 2.21. The number of aliphatic hydroxyl groups excluding tert-OH is 1. The fourth-order valence-corrected chi connectivity index (χ4v) is 2.92. The summed E-state index contributed by atoms with van der Waals surface area (Å²) < 4.78 is 14.0. The number of hydrogen-bond acceptors (Lipinski definition) is 2. The average molecular weight is 302 g/mol. The number of piperidine rings is 1. The lowest BCUT2D eigenvalue weighted by atomic mass is 9.98. The number of likely N-dealkylation sites (tertiary alicyclic amines) is 1. The van der Waals surface area contributed by atoms with Crippen LogP contribution in [0.5, 0.6) is 0 Å². The third-order valence-corrected chi connectivity index (χ3v) is 3.65. The Bertz CT molecular complexity index is 365. The third-order valence-electron chi connectivity index (χ3n) is 3.19. The Kier molecular flexibility index (Phi) is 4.54. The summed E-state index contributed by atoms with van der Waals surface area (Å²) in [5, 5.41) is 9.17. The Morgan fingerprint density at radius 2 is 2.24 bits per heavy atom. The van der Waals surface area contributed by atoms with Crippen LogP contribution in [0, 0.1) is 11.7 Å². The summed E-state index contributed by atoms with van der Waals surface area (Å²) in [5.41, 5.74) is 0.982. The number of nitrogens with zero attached hydrogens (tertiary/aromatic N) is 1. The molecule has 1 aromatic rings. The Labute approximate surface area is 110 Å². The second-order valence-electron chi connectivity index (χ2n) is 4.70. The van der Waals surface area contributed by atoms with Crippen LogP contribution in [0.3, 0.4) is 0 Å². The van der Waals surface area contributed by atoms with Crippen LogP contribution in [0.4, 0.5) is 4.39 Å². The monoisotopic (exact) mass is 301 g/mol. The molecule has 1 aliphatic rings. The van der Waals surface area contributed by atoms with Gasteiger partial charge in [-0.25, -0.2) is 4.39 Å². The zero-order valence-electron chi connectivity index (χ0n) is 9.70. The van der Waals surface area contributed by atoms with Crippen molar-refractivity contribution < 1.29 is 9.50 Å². The number of aliphatic hydroxyl groups is 1. The molecule has 1 heterocycles. The van der Waals surface area contributed by atoms with Crippen LogP contribution in [0.25, 0.3) is 0 Å². The van der Waals surface area contributed by atoms with Crippen molar-refractivity contribution in [2.45, 2.75) is 19.4 Å². The summed E-state index contributed by atoms with van der Waals surface area (Å²) in [6, 6.07) is 5.00. The van der Waals surface area contributed by atoms with Crippen molar-refractivity contribution in [3.8, 4) is 0 Å². The van der Waals surface area contributed by atoms with Crippen LogP contribution in [-0.4, -0.2) is 29.7 Å². The minimum atomic E-state index is -0.204. The molecule has 1 aromatic carbocycles. The van der Waals surface area contributed by atoms with Gasteiger partial charge >= 0.3 is 0 Å². The van der Waals surface area contributed by atoms with Gasteiger partial charge in [-0.1, -0.05) is 15.9 Å². The van der Waals surface area contributed by atoms with Crippen molar-refractivity contribution in [2.24, 2.45) is 5.92 Å². The van der Waals surface area contributed by atoms with Gasteiger partial charge in [-0.2, -0.15) is 0 Å². The average Bonchev–Trinajstić information content (AvgIpc) is 2.28. The Morgan fingerprint density at radius 3 is 2.94 bits per heavy atom. The Hall–Kier alpha value is -0.450. The molecule has 0 bridgehead atoms. The lowest BCUT2D eigenvalue weighted by Crippen LogP contribution is -2.36. The maximum atomic E-state index is 13.2. The van der Waals surface area contributed by atoms with Crippen molar-refractivity contribution in [3.05, 3.63) is 34.1 Å². The van der Waals surface area contributed by atoms with E-state index in [1.807, 2.05) is 6.07 Å². The third kappa shape index (κ3) is 3.76. The lowest BCUT2D eigenvalue weighted by molar-refractivity contribution is 0.116. The molecule has 1 fully saturated rings. The van der Waals surface area contributed by atoms with Gasteiger partial charge in [0.2, 0.25) is 0 Å². The number of halogens is 2. The van der Waals surface area contributed by atoms with Crippen LogP contribution in [0.1, 0.15) is 18.4 Å². The number of benzene rings is 1. The first-order valence-electron chi connectivity index (χ1n) is 5.95. The largest absolute Gasteiger partial charge is 0.396 e. The highest BCUT2D eigenvalue weighted by Crippen LogP contribution is 2.20. The quantitative estimate of drug-likeness (QED) is 0.928. The van der Waals surface area contributed by atoms with Gasteiger partial charge in [0.05, 0.1) is 0 Å². The van der Waals surface area contributed by atoms with E-state index in [9.17, 15) is 4.39 Å². The predicted octanol–water partition coefficient (Wildman–Crippen LogP) is 2.79. The Balaban J connectivity index is 2.00. The standard InChI is InChI=1S/C13H17BrFNO/c14-12-4-11(5-13(15)6-12)8-16-3-1-2-10(7-16)9-17/h4-6,10,17H,1-3,7-9H2. The van der Waals surface area contributed by atoms with Crippen molar-refractivity contribution in [2.75, 3.05) is 19.7 Å². The maximum absolute atomic E-state index is 13.2. The second-order valence-corrected chi connectivity index (χ2v) is 5.62.